The SMILES string of the molecule is COc1cccc(C(=O)[C@H]2[C@H](c3ccccc3)C3(C(=O)c4ccccc4C3=O)[C@@H]3C=Cc4cc(Cl)ccc4N32)c1. The zero-order valence-corrected chi connectivity index (χ0v) is 22.3. The van der Waals surface area contributed by atoms with Gasteiger partial charge >= 0.3 is 0 Å². The molecular weight excluding hydrogens is 522 g/mol. The number of rotatable bonds is 4. The van der Waals surface area contributed by atoms with Crippen LogP contribution in [0.4, 0.5) is 5.69 Å². The minimum Gasteiger partial charge on any atom is -0.497 e. The van der Waals surface area contributed by atoms with E-state index in [-0.39, 0.29) is 17.3 Å². The third-order valence-corrected chi connectivity index (χ3v) is 8.78. The van der Waals surface area contributed by atoms with Gasteiger partial charge in [-0.05, 0) is 41.5 Å². The number of ketones is 3. The van der Waals surface area contributed by atoms with Crippen LogP contribution in [0.2, 0.25) is 5.02 Å². The van der Waals surface area contributed by atoms with Crippen LogP contribution in [0.1, 0.15) is 48.1 Å². The van der Waals surface area contributed by atoms with Gasteiger partial charge in [0, 0.05) is 33.3 Å². The predicted octanol–water partition coefficient (Wildman–Crippen LogP) is 6.66. The molecule has 196 valence electrons. The molecule has 1 fully saturated rings. The van der Waals surface area contributed by atoms with Gasteiger partial charge in [-0.3, -0.25) is 14.4 Å². The Morgan fingerprint density at radius 2 is 1.55 bits per heavy atom. The Balaban J connectivity index is 1.54. The van der Waals surface area contributed by atoms with Gasteiger partial charge < -0.3 is 9.64 Å². The molecule has 3 atom stereocenters. The van der Waals surface area contributed by atoms with Crippen molar-refractivity contribution >= 4 is 40.7 Å². The van der Waals surface area contributed by atoms with Crippen molar-refractivity contribution in [1.29, 1.82) is 0 Å². The monoisotopic (exact) mass is 545 g/mol. The van der Waals surface area contributed by atoms with Crippen LogP contribution in [0.5, 0.6) is 5.75 Å². The number of fused-ring (bicyclic) bond motifs is 5. The number of halogens is 1. The number of carbonyl (C=O) groups is 3. The summed E-state index contributed by atoms with van der Waals surface area (Å²) in [5, 5.41) is 0.562. The van der Waals surface area contributed by atoms with Crippen LogP contribution in [-0.4, -0.2) is 36.5 Å². The maximum absolute atomic E-state index is 14.7. The lowest BCUT2D eigenvalue weighted by Gasteiger charge is -2.37. The molecule has 1 saturated heterocycles. The van der Waals surface area contributed by atoms with Gasteiger partial charge in [-0.25, -0.2) is 0 Å². The van der Waals surface area contributed by atoms with E-state index in [2.05, 4.69) is 0 Å². The maximum atomic E-state index is 14.7. The average molecular weight is 546 g/mol. The van der Waals surface area contributed by atoms with Crippen molar-refractivity contribution < 1.29 is 19.1 Å². The fraction of sp³-hybridized carbons (Fsp3) is 0.147. The summed E-state index contributed by atoms with van der Waals surface area (Å²) in [6.45, 7) is 0. The van der Waals surface area contributed by atoms with Gasteiger partial charge in [0.25, 0.3) is 0 Å². The lowest BCUT2D eigenvalue weighted by Crippen LogP contribution is -2.48. The summed E-state index contributed by atoms with van der Waals surface area (Å²) in [5.74, 6) is -0.893. The third-order valence-electron chi connectivity index (χ3n) is 8.55. The normalized spacial score (nSPS) is 21.8. The molecule has 0 amide bonds. The summed E-state index contributed by atoms with van der Waals surface area (Å²) in [7, 11) is 1.56. The zero-order chi connectivity index (χ0) is 27.6. The Kier molecular flexibility index (Phi) is 5.55. The van der Waals surface area contributed by atoms with E-state index in [9.17, 15) is 14.4 Å². The minimum atomic E-state index is -1.53. The van der Waals surface area contributed by atoms with Crippen molar-refractivity contribution in [1.82, 2.24) is 0 Å². The van der Waals surface area contributed by atoms with Gasteiger partial charge in [-0.1, -0.05) is 90.5 Å². The van der Waals surface area contributed by atoms with Crippen molar-refractivity contribution in [2.24, 2.45) is 5.41 Å². The van der Waals surface area contributed by atoms with Gasteiger partial charge in [-0.15, -0.1) is 0 Å². The number of hydrogen-bond donors (Lipinski definition) is 0. The lowest BCUT2D eigenvalue weighted by atomic mass is 9.64. The van der Waals surface area contributed by atoms with Gasteiger partial charge in [0.15, 0.2) is 17.3 Å². The highest BCUT2D eigenvalue weighted by atomic mass is 35.5. The highest BCUT2D eigenvalue weighted by Gasteiger charge is 2.71. The Bertz CT molecular complexity index is 1710. The van der Waals surface area contributed by atoms with Gasteiger partial charge in [-0.2, -0.15) is 0 Å². The average Bonchev–Trinajstić information content (AvgIpc) is 3.43. The highest BCUT2D eigenvalue weighted by Crippen LogP contribution is 2.61. The molecule has 0 radical (unpaired) electrons. The number of methoxy groups -OCH3 is 1. The first kappa shape index (κ1) is 24.6. The summed E-state index contributed by atoms with van der Waals surface area (Å²) in [5.41, 5.74) is 2.06. The third kappa shape index (κ3) is 3.24. The van der Waals surface area contributed by atoms with Crippen LogP contribution in [0.25, 0.3) is 6.08 Å². The van der Waals surface area contributed by atoms with E-state index in [1.54, 1.807) is 61.7 Å². The molecule has 0 N–H and O–H groups in total. The Labute approximate surface area is 236 Å². The molecule has 40 heavy (non-hydrogen) atoms. The van der Waals surface area contributed by atoms with Crippen LogP contribution >= 0.6 is 11.6 Å². The Morgan fingerprint density at radius 3 is 2.25 bits per heavy atom. The molecule has 1 spiro atoms. The van der Waals surface area contributed by atoms with Gasteiger partial charge in [0.2, 0.25) is 0 Å². The van der Waals surface area contributed by atoms with Crippen LogP contribution in [0.15, 0.2) is 103 Å². The molecule has 3 aliphatic rings. The molecule has 2 heterocycles. The molecule has 5 nitrogen and oxygen atoms in total. The van der Waals surface area contributed by atoms with Crippen molar-refractivity contribution in [3.05, 3.63) is 136 Å². The topological polar surface area (TPSA) is 63.7 Å². The number of benzene rings is 4. The number of anilines is 1. The van der Waals surface area contributed by atoms with Crippen molar-refractivity contribution in [2.45, 2.75) is 18.0 Å². The zero-order valence-electron chi connectivity index (χ0n) is 21.6. The number of ether oxygens (including phenoxy) is 1. The van der Waals surface area contributed by atoms with E-state index in [1.165, 1.54) is 0 Å². The molecular formula is C34H24ClNO4. The van der Waals surface area contributed by atoms with E-state index in [4.69, 9.17) is 16.3 Å². The molecule has 0 saturated carbocycles. The number of Topliss-reactive ketones (excluding diaryl/α,β-unsaturated/α-hetero) is 3. The molecule has 1 aliphatic carbocycles. The summed E-state index contributed by atoms with van der Waals surface area (Å²) >= 11 is 6.36. The van der Waals surface area contributed by atoms with E-state index in [0.29, 0.717) is 27.5 Å². The largest absolute Gasteiger partial charge is 0.497 e. The smallest absolute Gasteiger partial charge is 0.186 e. The van der Waals surface area contributed by atoms with E-state index in [0.717, 1.165) is 16.8 Å². The van der Waals surface area contributed by atoms with Crippen LogP contribution in [0, 0.1) is 5.41 Å². The second kappa shape index (κ2) is 9.04. The number of nitrogens with zero attached hydrogens (tertiary/aromatic N) is 1. The molecule has 6 heteroatoms. The van der Waals surface area contributed by atoms with Crippen molar-refractivity contribution in [3.8, 4) is 5.75 Å². The number of carbonyl (C=O) groups excluding carboxylic acids is 3. The van der Waals surface area contributed by atoms with E-state index in [1.807, 2.05) is 59.5 Å². The van der Waals surface area contributed by atoms with Crippen molar-refractivity contribution in [2.75, 3.05) is 12.0 Å². The molecule has 4 aromatic carbocycles. The summed E-state index contributed by atoms with van der Waals surface area (Å²) in [6, 6.07) is 27.4. The first-order chi connectivity index (χ1) is 19.5. The quantitative estimate of drug-likeness (QED) is 0.212. The van der Waals surface area contributed by atoms with Crippen LogP contribution in [0.3, 0.4) is 0 Å². The molecule has 2 aliphatic heterocycles. The fourth-order valence-electron chi connectivity index (χ4n) is 6.93. The predicted molar refractivity (Wildman–Crippen MR) is 155 cm³/mol. The van der Waals surface area contributed by atoms with Gasteiger partial charge in [0.1, 0.15) is 17.2 Å². The molecule has 0 unspecified atom stereocenters. The molecule has 0 aromatic heterocycles. The van der Waals surface area contributed by atoms with E-state index >= 15 is 0 Å². The van der Waals surface area contributed by atoms with Crippen molar-refractivity contribution in [3.63, 3.8) is 0 Å². The maximum Gasteiger partial charge on any atom is 0.186 e. The summed E-state index contributed by atoms with van der Waals surface area (Å²) in [4.78, 5) is 45.9. The first-order valence-electron chi connectivity index (χ1n) is 13.1. The molecule has 7 rings (SSSR count). The second-order valence-electron chi connectivity index (χ2n) is 10.4. The Hall–Kier alpha value is -4.48. The first-order valence-corrected chi connectivity index (χ1v) is 13.5. The van der Waals surface area contributed by atoms with E-state index < -0.39 is 23.4 Å². The van der Waals surface area contributed by atoms with Gasteiger partial charge in [0.05, 0.1) is 13.2 Å². The summed E-state index contributed by atoms with van der Waals surface area (Å²) < 4.78 is 5.43. The number of hydrogen-bond acceptors (Lipinski definition) is 5. The summed E-state index contributed by atoms with van der Waals surface area (Å²) in [6.07, 6.45) is 3.81. The lowest BCUT2D eigenvalue weighted by molar-refractivity contribution is 0.0666. The minimum absolute atomic E-state index is 0.192. The fourth-order valence-corrected chi connectivity index (χ4v) is 7.11. The van der Waals surface area contributed by atoms with Crippen LogP contribution < -0.4 is 9.64 Å². The molecule has 4 aromatic rings. The standard InChI is InChI=1S/C34H24ClNO4/c1-40-24-11-7-10-22(19-24)31(37)30-29(20-8-3-2-4-9-20)34(32(38)25-12-5-6-13-26(25)33(34)39)28-17-14-21-18-23(35)15-16-27(21)36(28)30/h2-19,28-30H,1H3/t28-,29-,30+/m0/s1. The second-order valence-corrected chi connectivity index (χ2v) is 10.9. The highest BCUT2D eigenvalue weighted by molar-refractivity contribution is 6.32. The van der Waals surface area contributed by atoms with Crippen LogP contribution in [-0.2, 0) is 0 Å². The molecule has 0 bridgehead atoms. The Morgan fingerprint density at radius 1 is 0.850 bits per heavy atom.